The molecule has 0 unspecified atom stereocenters. The largest absolute Gasteiger partial charge is 0.339 e. The number of amides is 4. The molecule has 5 aromatic carbocycles. The van der Waals surface area contributed by atoms with Crippen molar-refractivity contribution in [2.75, 3.05) is 29.0 Å². The van der Waals surface area contributed by atoms with Crippen molar-refractivity contribution in [3.63, 3.8) is 0 Å². The van der Waals surface area contributed by atoms with Crippen molar-refractivity contribution in [1.29, 1.82) is 10.5 Å². The molecule has 9 rings (SSSR count). The minimum absolute atomic E-state index is 0.212. The molecule has 0 spiro atoms. The van der Waals surface area contributed by atoms with Gasteiger partial charge in [0.2, 0.25) is 11.9 Å². The first-order valence-electron chi connectivity index (χ1n) is 21.9. The van der Waals surface area contributed by atoms with Crippen LogP contribution in [0.4, 0.5) is 39.2 Å². The van der Waals surface area contributed by atoms with Gasteiger partial charge in [0.25, 0.3) is 23.6 Å². The number of hydrogen-bond donors (Lipinski definition) is 3. The van der Waals surface area contributed by atoms with Crippen LogP contribution in [0.15, 0.2) is 134 Å². The second-order valence-electron chi connectivity index (χ2n) is 15.5. The van der Waals surface area contributed by atoms with Gasteiger partial charge in [0.05, 0.1) is 62.8 Å². The predicted molar refractivity (Wildman–Crippen MR) is 263 cm³/mol. The summed E-state index contributed by atoms with van der Waals surface area (Å²) in [5.41, 5.74) is 5.90. The lowest BCUT2D eigenvalue weighted by Gasteiger charge is -2.12. The molecule has 346 valence electrons. The predicted octanol–water partition coefficient (Wildman–Crippen LogP) is 9.58. The summed E-state index contributed by atoms with van der Waals surface area (Å²) in [4.78, 5) is 69.6. The SMILES string of the molecule is N#Cc1ccc(Nc2ncc(C#CCCCN3C(=O)c4ccccc4C3=O)c(Cl)n2)cc1.N#Cc1ccc(Nc2ncc(C#CCCCN3C(=O)c4ccccc4C3=O)c(Nc3ccc(F)cc3)n2)cc1. The number of fused-ring (bicyclic) bond motifs is 2. The highest BCUT2D eigenvalue weighted by molar-refractivity contribution is 6.30. The highest BCUT2D eigenvalue weighted by Gasteiger charge is 2.35. The molecular formula is C54H37ClFN11O4. The number of aromatic nitrogens is 4. The van der Waals surface area contributed by atoms with E-state index in [0.29, 0.717) is 106 Å². The molecule has 17 heteroatoms. The monoisotopic (exact) mass is 957 g/mol. The molecular weight excluding hydrogens is 921 g/mol. The fraction of sp³-hybridized carbons (Fsp3) is 0.111. The number of nitrogens with one attached hydrogen (secondary N) is 3. The van der Waals surface area contributed by atoms with Gasteiger partial charge in [-0.1, -0.05) is 59.5 Å². The highest BCUT2D eigenvalue weighted by atomic mass is 35.5. The van der Waals surface area contributed by atoms with Gasteiger partial charge < -0.3 is 16.0 Å². The highest BCUT2D eigenvalue weighted by Crippen LogP contribution is 2.26. The van der Waals surface area contributed by atoms with Crippen molar-refractivity contribution in [3.8, 4) is 35.8 Å². The third-order valence-corrected chi connectivity index (χ3v) is 11.0. The summed E-state index contributed by atoms with van der Waals surface area (Å²) in [6.07, 6.45) is 5.08. The van der Waals surface area contributed by atoms with E-state index in [-0.39, 0.29) is 41.1 Å². The molecule has 0 saturated heterocycles. The van der Waals surface area contributed by atoms with Gasteiger partial charge in [0, 0.05) is 49.2 Å². The summed E-state index contributed by atoms with van der Waals surface area (Å²) in [7, 11) is 0. The molecule has 2 aliphatic rings. The van der Waals surface area contributed by atoms with Gasteiger partial charge in [-0.05, 0) is 110 Å². The Bertz CT molecular complexity index is 3340. The van der Waals surface area contributed by atoms with E-state index in [2.05, 4.69) is 71.7 Å². The second-order valence-corrected chi connectivity index (χ2v) is 15.9. The number of carbonyl (C=O) groups excluding carboxylic acids is 4. The Morgan fingerprint density at radius 3 is 1.35 bits per heavy atom. The quantitative estimate of drug-likeness (QED) is 0.0451. The van der Waals surface area contributed by atoms with Crippen molar-refractivity contribution in [2.24, 2.45) is 0 Å². The minimum Gasteiger partial charge on any atom is -0.339 e. The van der Waals surface area contributed by atoms with Crippen LogP contribution in [0.25, 0.3) is 0 Å². The molecule has 0 radical (unpaired) electrons. The molecule has 0 fully saturated rings. The van der Waals surface area contributed by atoms with Crippen LogP contribution < -0.4 is 16.0 Å². The molecule has 2 aromatic heterocycles. The molecule has 0 atom stereocenters. The standard InChI is InChI=1S/C30H21FN6O2.C24H16ClN5O2/c31-22-11-15-23(16-12-22)34-27-21(19-33-30(36-27)35-24-13-9-20(18-32)10-14-24)6-2-1-5-17-37-28(38)25-7-3-4-8-26(25)29(37)39;25-21-17(15-27-24(29-21)28-18-11-9-16(14-26)10-12-18)6-2-1-5-13-30-22(31)19-7-3-4-8-20(19)23(30)32/h3-4,7-16,19H,1,5,17H2,(H2,33,34,35,36);3-4,7-12,15H,1,5,13H2,(H,27,28,29). The van der Waals surface area contributed by atoms with Crippen LogP contribution in [-0.2, 0) is 0 Å². The van der Waals surface area contributed by atoms with Gasteiger partial charge in [0.1, 0.15) is 11.0 Å². The molecule has 0 aliphatic carbocycles. The van der Waals surface area contributed by atoms with Gasteiger partial charge in [0.15, 0.2) is 5.82 Å². The Hall–Kier alpha value is -9.74. The van der Waals surface area contributed by atoms with Crippen LogP contribution >= 0.6 is 11.6 Å². The first kappa shape index (κ1) is 47.7. The maximum Gasteiger partial charge on any atom is 0.261 e. The van der Waals surface area contributed by atoms with Gasteiger partial charge in [-0.3, -0.25) is 29.0 Å². The topological polar surface area (TPSA) is 210 Å². The minimum atomic E-state index is -0.357. The molecule has 71 heavy (non-hydrogen) atoms. The zero-order chi connectivity index (χ0) is 49.7. The fourth-order valence-electron chi connectivity index (χ4n) is 7.17. The van der Waals surface area contributed by atoms with E-state index in [9.17, 15) is 23.6 Å². The Morgan fingerprint density at radius 1 is 0.521 bits per heavy atom. The number of hydrogen-bond acceptors (Lipinski definition) is 13. The van der Waals surface area contributed by atoms with Crippen LogP contribution in [0.2, 0.25) is 5.15 Å². The van der Waals surface area contributed by atoms with Crippen molar-refractivity contribution in [2.45, 2.75) is 25.7 Å². The number of benzene rings is 5. The van der Waals surface area contributed by atoms with Gasteiger partial charge in [-0.2, -0.15) is 20.5 Å². The normalized spacial score (nSPS) is 11.9. The van der Waals surface area contributed by atoms with E-state index >= 15 is 0 Å². The smallest absolute Gasteiger partial charge is 0.261 e. The number of imide groups is 2. The summed E-state index contributed by atoms with van der Waals surface area (Å²) < 4.78 is 13.4. The van der Waals surface area contributed by atoms with Gasteiger partial charge >= 0.3 is 0 Å². The summed E-state index contributed by atoms with van der Waals surface area (Å²) in [5.74, 6) is 11.6. The molecule has 15 nitrogen and oxygen atoms in total. The number of unbranched alkanes of at least 4 members (excludes halogenated alkanes) is 2. The summed E-state index contributed by atoms with van der Waals surface area (Å²) in [5, 5.41) is 27.3. The Morgan fingerprint density at radius 2 is 0.915 bits per heavy atom. The van der Waals surface area contributed by atoms with Gasteiger partial charge in [-0.15, -0.1) is 0 Å². The van der Waals surface area contributed by atoms with Crippen LogP contribution in [0.3, 0.4) is 0 Å². The van der Waals surface area contributed by atoms with E-state index in [1.54, 1.807) is 115 Å². The Balaban J connectivity index is 0.000000194. The molecule has 2 aliphatic heterocycles. The number of carbonyl (C=O) groups is 4. The number of anilines is 6. The third-order valence-electron chi connectivity index (χ3n) is 10.7. The van der Waals surface area contributed by atoms with Crippen LogP contribution in [0.1, 0.15) is 89.4 Å². The lowest BCUT2D eigenvalue weighted by Crippen LogP contribution is -2.30. The average Bonchev–Trinajstić information content (AvgIpc) is 3.78. The Labute approximate surface area is 412 Å². The fourth-order valence-corrected chi connectivity index (χ4v) is 7.35. The zero-order valence-corrected chi connectivity index (χ0v) is 38.2. The second kappa shape index (κ2) is 22.4. The van der Waals surface area contributed by atoms with E-state index in [0.717, 1.165) is 5.69 Å². The van der Waals surface area contributed by atoms with Crippen molar-refractivity contribution < 1.29 is 23.6 Å². The van der Waals surface area contributed by atoms with Crippen molar-refractivity contribution in [1.82, 2.24) is 29.7 Å². The zero-order valence-electron chi connectivity index (χ0n) is 37.4. The average molecular weight is 958 g/mol. The molecule has 3 N–H and O–H groups in total. The summed E-state index contributed by atoms with van der Waals surface area (Å²) in [6, 6.07) is 37.3. The van der Waals surface area contributed by atoms with Crippen LogP contribution in [-0.4, -0.2) is 66.5 Å². The summed E-state index contributed by atoms with van der Waals surface area (Å²) in [6.45, 7) is 0.574. The molecule has 4 heterocycles. The molecule has 4 amide bonds. The van der Waals surface area contributed by atoms with E-state index in [1.165, 1.54) is 28.1 Å². The molecule has 0 saturated carbocycles. The van der Waals surface area contributed by atoms with E-state index in [1.807, 2.05) is 0 Å². The number of halogens is 2. The van der Waals surface area contributed by atoms with Crippen LogP contribution in [0.5, 0.6) is 0 Å². The maximum absolute atomic E-state index is 13.4. The lowest BCUT2D eigenvalue weighted by atomic mass is 10.1. The Kier molecular flexibility index (Phi) is 15.0. The molecule has 7 aromatic rings. The van der Waals surface area contributed by atoms with E-state index < -0.39 is 0 Å². The number of nitriles is 2. The van der Waals surface area contributed by atoms with Crippen molar-refractivity contribution in [3.05, 3.63) is 189 Å². The first-order chi connectivity index (χ1) is 34.6. The van der Waals surface area contributed by atoms with E-state index in [4.69, 9.17) is 22.1 Å². The number of rotatable bonds is 12. The van der Waals surface area contributed by atoms with Crippen LogP contribution in [0, 0.1) is 52.2 Å². The maximum atomic E-state index is 13.4. The summed E-state index contributed by atoms with van der Waals surface area (Å²) >= 11 is 6.22. The van der Waals surface area contributed by atoms with Crippen molar-refractivity contribution >= 4 is 70.0 Å². The lowest BCUT2D eigenvalue weighted by molar-refractivity contribution is 0.0637. The van der Waals surface area contributed by atoms with Gasteiger partial charge in [-0.25, -0.2) is 14.4 Å². The first-order valence-corrected chi connectivity index (χ1v) is 22.3. The molecule has 0 bridgehead atoms. The third kappa shape index (κ3) is 11.7. The number of nitrogens with zero attached hydrogens (tertiary/aromatic N) is 8.